The minimum atomic E-state index is -1.24. The molecular formula is C16H13F2NO4. The standard InChI is InChI=1S/C16H13F2NO4/c1-22-11-7-5-10(6-8-11)19-14(20)9-23-16(21)15-12(17)3-2-4-13(15)18/h2-8H,9H2,1H3,(H,19,20). The van der Waals surface area contributed by atoms with Gasteiger partial charge in [0.25, 0.3) is 5.91 Å². The number of nitrogens with one attached hydrogen (secondary N) is 1. The number of methoxy groups -OCH3 is 1. The first-order valence-electron chi connectivity index (χ1n) is 6.56. The van der Waals surface area contributed by atoms with Crippen LogP contribution in [0.2, 0.25) is 0 Å². The Labute approximate surface area is 130 Å². The first-order chi connectivity index (χ1) is 11.0. The zero-order valence-electron chi connectivity index (χ0n) is 12.1. The normalized spacial score (nSPS) is 10.0. The van der Waals surface area contributed by atoms with Gasteiger partial charge < -0.3 is 14.8 Å². The highest BCUT2D eigenvalue weighted by molar-refractivity contribution is 5.95. The number of benzene rings is 2. The molecule has 1 N–H and O–H groups in total. The van der Waals surface area contributed by atoms with Crippen molar-refractivity contribution in [2.45, 2.75) is 0 Å². The third kappa shape index (κ3) is 4.26. The first-order valence-corrected chi connectivity index (χ1v) is 6.56. The summed E-state index contributed by atoms with van der Waals surface area (Å²) in [5.41, 5.74) is -0.367. The van der Waals surface area contributed by atoms with Gasteiger partial charge in [0.15, 0.2) is 6.61 Å². The van der Waals surface area contributed by atoms with Crippen LogP contribution in [-0.2, 0) is 9.53 Å². The van der Waals surface area contributed by atoms with Gasteiger partial charge in [-0.15, -0.1) is 0 Å². The zero-order chi connectivity index (χ0) is 16.8. The molecule has 7 heteroatoms. The fraction of sp³-hybridized carbons (Fsp3) is 0.125. The molecule has 2 rings (SSSR count). The van der Waals surface area contributed by atoms with Gasteiger partial charge in [-0.05, 0) is 36.4 Å². The molecule has 0 saturated heterocycles. The third-order valence-corrected chi connectivity index (χ3v) is 2.88. The van der Waals surface area contributed by atoms with Crippen LogP contribution in [0.15, 0.2) is 42.5 Å². The largest absolute Gasteiger partial charge is 0.497 e. The summed E-state index contributed by atoms with van der Waals surface area (Å²) in [7, 11) is 1.51. The topological polar surface area (TPSA) is 64.6 Å². The lowest BCUT2D eigenvalue weighted by Crippen LogP contribution is -2.21. The second-order valence-corrected chi connectivity index (χ2v) is 4.45. The maximum absolute atomic E-state index is 13.4. The number of rotatable bonds is 5. The molecule has 0 heterocycles. The van der Waals surface area contributed by atoms with Crippen molar-refractivity contribution in [1.82, 2.24) is 0 Å². The second kappa shape index (κ2) is 7.35. The average Bonchev–Trinajstić information content (AvgIpc) is 2.53. The Kier molecular flexibility index (Phi) is 5.24. The summed E-state index contributed by atoms with van der Waals surface area (Å²) in [6.45, 7) is -0.668. The smallest absolute Gasteiger partial charge is 0.344 e. The monoisotopic (exact) mass is 321 g/mol. The number of ether oxygens (including phenoxy) is 2. The van der Waals surface area contributed by atoms with Crippen molar-refractivity contribution < 1.29 is 27.8 Å². The minimum absolute atomic E-state index is 0.462. The molecule has 0 fully saturated rings. The van der Waals surface area contributed by atoms with Crippen LogP contribution in [0.25, 0.3) is 0 Å². The van der Waals surface area contributed by atoms with Gasteiger partial charge in [-0.25, -0.2) is 13.6 Å². The highest BCUT2D eigenvalue weighted by Crippen LogP contribution is 2.15. The van der Waals surface area contributed by atoms with Crippen LogP contribution in [0.3, 0.4) is 0 Å². The van der Waals surface area contributed by atoms with Crippen molar-refractivity contribution in [2.75, 3.05) is 19.0 Å². The summed E-state index contributed by atoms with van der Waals surface area (Å²) < 4.78 is 36.4. The number of carbonyl (C=O) groups is 2. The van der Waals surface area contributed by atoms with E-state index in [1.54, 1.807) is 24.3 Å². The molecule has 0 atom stereocenters. The lowest BCUT2D eigenvalue weighted by atomic mass is 10.2. The Morgan fingerprint density at radius 1 is 1.04 bits per heavy atom. The van der Waals surface area contributed by atoms with Crippen LogP contribution in [0.1, 0.15) is 10.4 Å². The Morgan fingerprint density at radius 3 is 2.22 bits per heavy atom. The van der Waals surface area contributed by atoms with Crippen molar-refractivity contribution in [1.29, 1.82) is 0 Å². The molecule has 5 nitrogen and oxygen atoms in total. The third-order valence-electron chi connectivity index (χ3n) is 2.88. The summed E-state index contributed by atoms with van der Waals surface area (Å²) >= 11 is 0. The van der Waals surface area contributed by atoms with Crippen molar-refractivity contribution in [2.24, 2.45) is 0 Å². The van der Waals surface area contributed by atoms with E-state index in [0.717, 1.165) is 18.2 Å². The molecule has 0 unspecified atom stereocenters. The van der Waals surface area contributed by atoms with Crippen molar-refractivity contribution in [3.8, 4) is 5.75 Å². The lowest BCUT2D eigenvalue weighted by molar-refractivity contribution is -0.119. The molecule has 0 spiro atoms. The van der Waals surface area contributed by atoms with Crippen LogP contribution in [0.5, 0.6) is 5.75 Å². The maximum atomic E-state index is 13.4. The molecule has 0 aliphatic carbocycles. The second-order valence-electron chi connectivity index (χ2n) is 4.45. The summed E-state index contributed by atoms with van der Waals surface area (Å²) in [4.78, 5) is 23.3. The van der Waals surface area contributed by atoms with E-state index in [1.807, 2.05) is 0 Å². The number of halogens is 2. The van der Waals surface area contributed by atoms with E-state index in [2.05, 4.69) is 10.1 Å². The zero-order valence-corrected chi connectivity index (χ0v) is 12.1. The fourth-order valence-corrected chi connectivity index (χ4v) is 1.77. The Balaban J connectivity index is 1.92. The summed E-state index contributed by atoms with van der Waals surface area (Å²) in [6, 6.07) is 9.43. The van der Waals surface area contributed by atoms with E-state index >= 15 is 0 Å². The Bertz CT molecular complexity index is 696. The van der Waals surface area contributed by atoms with Gasteiger partial charge in [0.05, 0.1) is 7.11 Å². The van der Waals surface area contributed by atoms with E-state index in [1.165, 1.54) is 7.11 Å². The Hall–Kier alpha value is -2.96. The molecular weight excluding hydrogens is 308 g/mol. The highest BCUT2D eigenvalue weighted by atomic mass is 19.1. The predicted octanol–water partition coefficient (Wildman–Crippen LogP) is 2.77. The summed E-state index contributed by atoms with van der Waals surface area (Å²) in [6.07, 6.45) is 0. The minimum Gasteiger partial charge on any atom is -0.497 e. The fourth-order valence-electron chi connectivity index (χ4n) is 1.77. The average molecular weight is 321 g/mol. The SMILES string of the molecule is COc1ccc(NC(=O)COC(=O)c2c(F)cccc2F)cc1. The van der Waals surface area contributed by atoms with E-state index in [-0.39, 0.29) is 0 Å². The molecule has 0 aliphatic heterocycles. The number of hydrogen-bond donors (Lipinski definition) is 1. The van der Waals surface area contributed by atoms with E-state index < -0.39 is 35.7 Å². The molecule has 120 valence electrons. The lowest BCUT2D eigenvalue weighted by Gasteiger charge is -2.08. The van der Waals surface area contributed by atoms with E-state index in [4.69, 9.17) is 4.74 Å². The number of amides is 1. The first kappa shape index (κ1) is 16.4. The molecule has 0 aromatic heterocycles. The summed E-state index contributed by atoms with van der Waals surface area (Å²) in [5.74, 6) is -3.37. The van der Waals surface area contributed by atoms with Crippen molar-refractivity contribution in [3.05, 3.63) is 59.7 Å². The van der Waals surface area contributed by atoms with E-state index in [0.29, 0.717) is 11.4 Å². The number of esters is 1. The van der Waals surface area contributed by atoms with Crippen molar-refractivity contribution in [3.63, 3.8) is 0 Å². The number of hydrogen-bond acceptors (Lipinski definition) is 4. The molecule has 0 saturated carbocycles. The maximum Gasteiger partial charge on any atom is 0.344 e. The van der Waals surface area contributed by atoms with Crippen LogP contribution >= 0.6 is 0 Å². The molecule has 0 bridgehead atoms. The van der Waals surface area contributed by atoms with Crippen LogP contribution < -0.4 is 10.1 Å². The van der Waals surface area contributed by atoms with Crippen LogP contribution in [0, 0.1) is 11.6 Å². The van der Waals surface area contributed by atoms with Gasteiger partial charge in [-0.2, -0.15) is 0 Å². The van der Waals surface area contributed by atoms with Crippen LogP contribution in [-0.4, -0.2) is 25.6 Å². The molecule has 23 heavy (non-hydrogen) atoms. The van der Waals surface area contributed by atoms with Gasteiger partial charge in [0, 0.05) is 5.69 Å². The molecule has 0 radical (unpaired) electrons. The quantitative estimate of drug-likeness (QED) is 0.860. The molecule has 2 aromatic carbocycles. The predicted molar refractivity (Wildman–Crippen MR) is 78.3 cm³/mol. The molecule has 2 aromatic rings. The van der Waals surface area contributed by atoms with E-state index in [9.17, 15) is 18.4 Å². The number of carbonyl (C=O) groups excluding carboxylic acids is 2. The Morgan fingerprint density at radius 2 is 1.65 bits per heavy atom. The number of anilines is 1. The van der Waals surface area contributed by atoms with Crippen LogP contribution in [0.4, 0.5) is 14.5 Å². The van der Waals surface area contributed by atoms with Gasteiger partial charge in [-0.3, -0.25) is 4.79 Å². The molecule has 1 amide bonds. The molecule has 0 aliphatic rings. The van der Waals surface area contributed by atoms with Gasteiger partial charge in [-0.1, -0.05) is 6.07 Å². The highest BCUT2D eigenvalue weighted by Gasteiger charge is 2.19. The van der Waals surface area contributed by atoms with Crippen molar-refractivity contribution >= 4 is 17.6 Å². The van der Waals surface area contributed by atoms with Gasteiger partial charge >= 0.3 is 5.97 Å². The van der Waals surface area contributed by atoms with Gasteiger partial charge in [0.1, 0.15) is 22.9 Å². The van der Waals surface area contributed by atoms with Gasteiger partial charge in [0.2, 0.25) is 0 Å². The summed E-state index contributed by atoms with van der Waals surface area (Å²) in [5, 5.41) is 2.47.